The Labute approximate surface area is 88.2 Å². The van der Waals surface area contributed by atoms with Gasteiger partial charge in [0.25, 0.3) is 0 Å². The average molecular weight is 202 g/mol. The van der Waals surface area contributed by atoms with Crippen molar-refractivity contribution in [3.63, 3.8) is 0 Å². The highest BCUT2D eigenvalue weighted by atomic mass is 16.5. The number of rotatable bonds is 7. The van der Waals surface area contributed by atoms with Gasteiger partial charge in [-0.05, 0) is 59.5 Å². The number of hydrogen-bond acceptors (Lipinski definition) is 3. The van der Waals surface area contributed by atoms with Gasteiger partial charge >= 0.3 is 0 Å². The lowest BCUT2D eigenvalue weighted by molar-refractivity contribution is -0.0668. The van der Waals surface area contributed by atoms with Gasteiger partial charge in [0.15, 0.2) is 0 Å². The molecule has 0 aromatic heterocycles. The van der Waals surface area contributed by atoms with Gasteiger partial charge in [-0.1, -0.05) is 0 Å². The van der Waals surface area contributed by atoms with Crippen LogP contribution in [0.3, 0.4) is 0 Å². The molecule has 0 atom stereocenters. The molecule has 0 aromatic rings. The summed E-state index contributed by atoms with van der Waals surface area (Å²) in [6, 6.07) is 0. The van der Waals surface area contributed by atoms with Crippen LogP contribution in [0.5, 0.6) is 0 Å². The molecule has 0 saturated heterocycles. The maximum absolute atomic E-state index is 5.93. The van der Waals surface area contributed by atoms with Crippen molar-refractivity contribution in [2.45, 2.75) is 58.2 Å². The minimum atomic E-state index is -0.0616. The van der Waals surface area contributed by atoms with E-state index in [4.69, 9.17) is 16.2 Å². The van der Waals surface area contributed by atoms with Gasteiger partial charge in [-0.25, -0.2) is 0 Å². The molecule has 0 radical (unpaired) electrons. The second-order valence-corrected chi connectivity index (χ2v) is 4.71. The van der Waals surface area contributed by atoms with Gasteiger partial charge < -0.3 is 16.2 Å². The zero-order valence-corrected chi connectivity index (χ0v) is 9.88. The highest BCUT2D eigenvalue weighted by Gasteiger charge is 2.17. The summed E-state index contributed by atoms with van der Waals surface area (Å²) in [6.07, 6.45) is 4.49. The van der Waals surface area contributed by atoms with E-state index in [2.05, 4.69) is 20.8 Å². The predicted octanol–water partition coefficient (Wildman–Crippen LogP) is 1.65. The van der Waals surface area contributed by atoms with E-state index in [9.17, 15) is 0 Å². The normalized spacial score (nSPS) is 12.4. The molecule has 0 amide bonds. The van der Waals surface area contributed by atoms with E-state index in [1.54, 1.807) is 0 Å². The Morgan fingerprint density at radius 3 is 1.71 bits per heavy atom. The molecule has 0 aliphatic rings. The van der Waals surface area contributed by atoms with Gasteiger partial charge in [-0.2, -0.15) is 0 Å². The van der Waals surface area contributed by atoms with Gasteiger partial charge in [-0.3, -0.25) is 0 Å². The lowest BCUT2D eigenvalue weighted by Gasteiger charge is -2.27. The van der Waals surface area contributed by atoms with E-state index in [-0.39, 0.29) is 5.60 Å². The summed E-state index contributed by atoms with van der Waals surface area (Å²) in [4.78, 5) is 0. The van der Waals surface area contributed by atoms with Crippen molar-refractivity contribution in [3.05, 3.63) is 0 Å². The quantitative estimate of drug-likeness (QED) is 0.660. The molecule has 4 N–H and O–H groups in total. The summed E-state index contributed by atoms with van der Waals surface area (Å²) in [5, 5.41) is 0. The van der Waals surface area contributed by atoms with Crippen LogP contribution in [0.25, 0.3) is 0 Å². The zero-order chi connectivity index (χ0) is 11.0. The maximum Gasteiger partial charge on any atom is 0.0602 e. The minimum Gasteiger partial charge on any atom is -0.373 e. The Kier molecular flexibility index (Phi) is 7.15. The third-order valence-corrected chi connectivity index (χ3v) is 1.98. The first-order chi connectivity index (χ1) is 6.49. The van der Waals surface area contributed by atoms with E-state index >= 15 is 0 Å². The highest BCUT2D eigenvalue weighted by Crippen LogP contribution is 2.17. The van der Waals surface area contributed by atoms with Gasteiger partial charge in [0.2, 0.25) is 0 Å². The van der Waals surface area contributed by atoms with Crippen molar-refractivity contribution >= 4 is 0 Å². The van der Waals surface area contributed by atoms with Crippen LogP contribution in [0.4, 0.5) is 0 Å². The first-order valence-electron chi connectivity index (χ1n) is 5.57. The van der Waals surface area contributed by atoms with Gasteiger partial charge in [-0.15, -0.1) is 0 Å². The van der Waals surface area contributed by atoms with Crippen molar-refractivity contribution in [3.8, 4) is 0 Å². The monoisotopic (exact) mass is 202 g/mol. The molecule has 0 bridgehead atoms. The van der Waals surface area contributed by atoms with Crippen LogP contribution in [0, 0.1) is 0 Å². The molecule has 0 heterocycles. The second kappa shape index (κ2) is 7.21. The molecule has 0 spiro atoms. The maximum atomic E-state index is 5.93. The lowest BCUT2D eigenvalue weighted by Crippen LogP contribution is -2.28. The lowest BCUT2D eigenvalue weighted by atomic mass is 10.1. The Morgan fingerprint density at radius 2 is 1.43 bits per heavy atom. The SMILES string of the molecule is CC(C)(C)OC(CCCN)CCCN. The Bertz CT molecular complexity index is 124. The summed E-state index contributed by atoms with van der Waals surface area (Å²) >= 11 is 0. The molecular weight excluding hydrogens is 176 g/mol. The predicted molar refractivity (Wildman–Crippen MR) is 61.2 cm³/mol. The molecule has 0 aromatic carbocycles. The number of nitrogens with two attached hydrogens (primary N) is 2. The van der Waals surface area contributed by atoms with Crippen molar-refractivity contribution in [2.24, 2.45) is 11.5 Å². The molecule has 3 heteroatoms. The molecule has 0 saturated carbocycles. The second-order valence-electron chi connectivity index (χ2n) is 4.71. The molecule has 0 rings (SSSR count). The third-order valence-electron chi connectivity index (χ3n) is 1.98. The fourth-order valence-corrected chi connectivity index (χ4v) is 1.45. The van der Waals surface area contributed by atoms with E-state index in [0.717, 1.165) is 38.8 Å². The molecule has 0 aliphatic carbocycles. The fourth-order valence-electron chi connectivity index (χ4n) is 1.45. The van der Waals surface area contributed by atoms with Gasteiger partial charge in [0, 0.05) is 0 Å². The van der Waals surface area contributed by atoms with E-state index in [1.807, 2.05) is 0 Å². The first-order valence-corrected chi connectivity index (χ1v) is 5.57. The standard InChI is InChI=1S/C11H26N2O/c1-11(2,3)14-10(6-4-8-12)7-5-9-13/h10H,4-9,12-13H2,1-3H3. The molecule has 0 aliphatic heterocycles. The summed E-state index contributed by atoms with van der Waals surface area (Å²) < 4.78 is 5.93. The molecule has 0 fully saturated rings. The van der Waals surface area contributed by atoms with Crippen LogP contribution in [-0.4, -0.2) is 24.8 Å². The van der Waals surface area contributed by atoms with Crippen molar-refractivity contribution in [1.29, 1.82) is 0 Å². The smallest absolute Gasteiger partial charge is 0.0602 e. The van der Waals surface area contributed by atoms with Crippen LogP contribution < -0.4 is 11.5 Å². The average Bonchev–Trinajstić information content (AvgIpc) is 2.07. The van der Waals surface area contributed by atoms with Crippen LogP contribution in [-0.2, 0) is 4.74 Å². The highest BCUT2D eigenvalue weighted by molar-refractivity contribution is 4.67. The number of hydrogen-bond donors (Lipinski definition) is 2. The Hall–Kier alpha value is -0.120. The molecule has 0 unspecified atom stereocenters. The van der Waals surface area contributed by atoms with Crippen LogP contribution >= 0.6 is 0 Å². The van der Waals surface area contributed by atoms with Gasteiger partial charge in [0.1, 0.15) is 0 Å². The third kappa shape index (κ3) is 8.48. The number of ether oxygens (including phenoxy) is 1. The first kappa shape index (κ1) is 13.9. The fraction of sp³-hybridized carbons (Fsp3) is 1.00. The van der Waals surface area contributed by atoms with Crippen LogP contribution in [0.1, 0.15) is 46.5 Å². The van der Waals surface area contributed by atoms with Crippen molar-refractivity contribution in [1.82, 2.24) is 0 Å². The van der Waals surface area contributed by atoms with E-state index < -0.39 is 0 Å². The summed E-state index contributed by atoms with van der Waals surface area (Å²) in [5.74, 6) is 0. The molecule has 86 valence electrons. The molecule has 14 heavy (non-hydrogen) atoms. The Balaban J connectivity index is 3.84. The largest absolute Gasteiger partial charge is 0.373 e. The van der Waals surface area contributed by atoms with Crippen molar-refractivity contribution in [2.75, 3.05) is 13.1 Å². The molecular formula is C11H26N2O. The Morgan fingerprint density at radius 1 is 1.00 bits per heavy atom. The summed E-state index contributed by atoms with van der Waals surface area (Å²) in [6.45, 7) is 7.75. The van der Waals surface area contributed by atoms with Gasteiger partial charge in [0.05, 0.1) is 11.7 Å². The summed E-state index contributed by atoms with van der Waals surface area (Å²) in [7, 11) is 0. The van der Waals surface area contributed by atoms with Crippen molar-refractivity contribution < 1.29 is 4.74 Å². The van der Waals surface area contributed by atoms with Crippen LogP contribution in [0.2, 0.25) is 0 Å². The molecule has 3 nitrogen and oxygen atoms in total. The van der Waals surface area contributed by atoms with Crippen LogP contribution in [0.15, 0.2) is 0 Å². The summed E-state index contributed by atoms with van der Waals surface area (Å²) in [5.41, 5.74) is 10.9. The zero-order valence-electron chi connectivity index (χ0n) is 9.88. The van der Waals surface area contributed by atoms with E-state index in [1.165, 1.54) is 0 Å². The minimum absolute atomic E-state index is 0.0616. The van der Waals surface area contributed by atoms with E-state index in [0.29, 0.717) is 6.10 Å². The topological polar surface area (TPSA) is 61.3 Å².